The molecule has 0 fully saturated rings. The van der Waals surface area contributed by atoms with E-state index in [-0.39, 0.29) is 20.6 Å². The van der Waals surface area contributed by atoms with Crippen LogP contribution in [0.15, 0.2) is 18.2 Å². The van der Waals surface area contributed by atoms with Crippen LogP contribution in [-0.4, -0.2) is 33.2 Å². The first-order chi connectivity index (χ1) is 14.5. The van der Waals surface area contributed by atoms with Crippen molar-refractivity contribution >= 4 is 27.2 Å². The molecule has 2 radical (unpaired) electrons. The van der Waals surface area contributed by atoms with Crippen LogP contribution in [0.25, 0.3) is 0 Å². The van der Waals surface area contributed by atoms with Gasteiger partial charge in [0.2, 0.25) is 6.67 Å². The zero-order valence-electron chi connectivity index (χ0n) is 22.6. The molecule has 0 aliphatic carbocycles. The van der Waals surface area contributed by atoms with E-state index in [0.717, 1.165) is 12.0 Å². The van der Waals surface area contributed by atoms with E-state index in [2.05, 4.69) is 94.7 Å². The molecule has 2 nitrogen and oxygen atoms in total. The number of anilines is 2. The van der Waals surface area contributed by atoms with E-state index < -0.39 is 27.6 Å². The highest BCUT2D eigenvalue weighted by Crippen LogP contribution is 2.63. The van der Waals surface area contributed by atoms with E-state index >= 15 is 0 Å². The molecule has 0 aromatic heterocycles. The molecule has 0 unspecified atom stereocenters. The monoisotopic (exact) mass is 502 g/mol. The van der Waals surface area contributed by atoms with Crippen LogP contribution in [0.5, 0.6) is 0 Å². The minimum Gasteiger partial charge on any atom is -0.335 e. The lowest BCUT2D eigenvalue weighted by atomic mass is 10.1. The molecule has 1 heterocycles. The van der Waals surface area contributed by atoms with Crippen molar-refractivity contribution in [2.45, 2.75) is 110 Å². The molecule has 1 aliphatic rings. The molecular formula is C26H43F3N2P2. The number of halogens is 3. The van der Waals surface area contributed by atoms with Gasteiger partial charge in [0, 0.05) is 12.6 Å². The lowest BCUT2D eigenvalue weighted by Gasteiger charge is -2.44. The quantitative estimate of drug-likeness (QED) is 0.378. The average Bonchev–Trinajstić information content (AvgIpc) is 2.89. The molecule has 1 aromatic carbocycles. The van der Waals surface area contributed by atoms with Crippen LogP contribution in [0.3, 0.4) is 0 Å². The zero-order chi connectivity index (χ0) is 25.8. The van der Waals surface area contributed by atoms with E-state index in [1.165, 1.54) is 12.1 Å². The van der Waals surface area contributed by atoms with Gasteiger partial charge in [-0.05, 0) is 38.8 Å². The van der Waals surface area contributed by atoms with Crippen LogP contribution in [0.4, 0.5) is 24.5 Å². The first-order valence-electron chi connectivity index (χ1n) is 11.6. The molecule has 0 bridgehead atoms. The number of alkyl halides is 3. The Morgan fingerprint density at radius 1 is 0.636 bits per heavy atom. The fourth-order valence-corrected chi connectivity index (χ4v) is 11.5. The summed E-state index contributed by atoms with van der Waals surface area (Å²) >= 11 is 0. The van der Waals surface area contributed by atoms with Gasteiger partial charge in [0.25, 0.3) is 0 Å². The van der Waals surface area contributed by atoms with Gasteiger partial charge in [-0.1, -0.05) is 98.9 Å². The van der Waals surface area contributed by atoms with Crippen molar-refractivity contribution in [3.05, 3.63) is 30.4 Å². The Kier molecular flexibility index (Phi) is 7.97. The zero-order valence-corrected chi connectivity index (χ0v) is 24.4. The summed E-state index contributed by atoms with van der Waals surface area (Å²) in [4.78, 5) is 4.07. The van der Waals surface area contributed by atoms with Gasteiger partial charge >= 0.3 is 6.18 Å². The molecule has 2 rings (SSSR count). The molecule has 0 saturated carbocycles. The van der Waals surface area contributed by atoms with Gasteiger partial charge in [0.15, 0.2) is 0 Å². The van der Waals surface area contributed by atoms with Gasteiger partial charge in [0.1, 0.15) is 0 Å². The molecule has 1 aromatic rings. The van der Waals surface area contributed by atoms with Crippen molar-refractivity contribution in [1.29, 1.82) is 0 Å². The van der Waals surface area contributed by atoms with Crippen molar-refractivity contribution in [3.63, 3.8) is 0 Å². The van der Waals surface area contributed by atoms with Crippen LogP contribution < -0.4 is 9.80 Å². The summed E-state index contributed by atoms with van der Waals surface area (Å²) < 4.78 is 40.8. The van der Waals surface area contributed by atoms with Crippen LogP contribution >= 0.6 is 15.8 Å². The van der Waals surface area contributed by atoms with Crippen LogP contribution in [0.1, 0.15) is 88.6 Å². The van der Waals surface area contributed by atoms with Gasteiger partial charge in [-0.15, -0.1) is 0 Å². The largest absolute Gasteiger partial charge is 0.416 e. The standard InChI is InChI=1S/C26H43F3N2P2/c1-22(2,3)32(23(4,5)6)17-30-16-31(18-33(24(7,8)9)25(10,11)12)21-15-19(26(27,28)29)13-14-20(21)30/h13-15H,17-18H2,1-12H3. The summed E-state index contributed by atoms with van der Waals surface area (Å²) in [5.41, 5.74) is 0.866. The van der Waals surface area contributed by atoms with Crippen molar-refractivity contribution in [2.24, 2.45) is 0 Å². The van der Waals surface area contributed by atoms with Gasteiger partial charge < -0.3 is 9.80 Å². The van der Waals surface area contributed by atoms with Gasteiger partial charge in [0.05, 0.1) is 16.9 Å². The summed E-state index contributed by atoms with van der Waals surface area (Å²) in [7, 11) is -1.01. The van der Waals surface area contributed by atoms with Gasteiger partial charge in [-0.2, -0.15) is 13.2 Å². The van der Waals surface area contributed by atoms with Crippen molar-refractivity contribution < 1.29 is 13.2 Å². The first kappa shape index (κ1) is 28.7. The molecule has 188 valence electrons. The molecule has 0 N–H and O–H groups in total. The number of benzene rings is 1. The molecule has 1 aliphatic heterocycles. The van der Waals surface area contributed by atoms with Crippen molar-refractivity contribution in [2.75, 3.05) is 22.4 Å². The maximum Gasteiger partial charge on any atom is 0.416 e. The van der Waals surface area contributed by atoms with Crippen LogP contribution in [0, 0.1) is 6.67 Å². The van der Waals surface area contributed by atoms with Crippen molar-refractivity contribution in [3.8, 4) is 0 Å². The predicted octanol–water partition coefficient (Wildman–Crippen LogP) is 9.40. The second-order valence-electron chi connectivity index (χ2n) is 13.0. The maximum absolute atomic E-state index is 13.6. The highest BCUT2D eigenvalue weighted by atomic mass is 31.1. The molecular weight excluding hydrogens is 459 g/mol. The number of fused-ring (bicyclic) bond motifs is 1. The summed E-state index contributed by atoms with van der Waals surface area (Å²) in [5, 5.41) is 0.345. The SMILES string of the molecule is CC(C)(C)P(CN1[C]N(CP(C(C)(C)C)C(C)(C)C)c2cc(C(F)(F)F)ccc21)C(C)(C)C. The van der Waals surface area contributed by atoms with E-state index in [9.17, 15) is 13.2 Å². The first-order valence-corrected chi connectivity index (χ1v) is 14.7. The minimum atomic E-state index is -4.36. The number of hydrogen-bond donors (Lipinski definition) is 0. The van der Waals surface area contributed by atoms with Crippen molar-refractivity contribution in [1.82, 2.24) is 0 Å². The smallest absolute Gasteiger partial charge is 0.335 e. The maximum atomic E-state index is 13.6. The Morgan fingerprint density at radius 2 is 1.00 bits per heavy atom. The summed E-state index contributed by atoms with van der Waals surface area (Å²) in [6, 6.07) is 4.17. The lowest BCUT2D eigenvalue weighted by molar-refractivity contribution is -0.137. The second kappa shape index (κ2) is 9.16. The van der Waals surface area contributed by atoms with E-state index in [1.54, 1.807) is 6.07 Å². The average molecular weight is 503 g/mol. The molecule has 0 amide bonds. The molecule has 33 heavy (non-hydrogen) atoms. The molecule has 0 saturated heterocycles. The third-order valence-corrected chi connectivity index (χ3v) is 13.5. The summed E-state index contributed by atoms with van der Waals surface area (Å²) in [6.07, 6.45) is -2.90. The lowest BCUT2D eigenvalue weighted by Crippen LogP contribution is -2.36. The predicted molar refractivity (Wildman–Crippen MR) is 142 cm³/mol. The normalized spacial score (nSPS) is 16.3. The minimum absolute atomic E-state index is 0.0634. The van der Waals surface area contributed by atoms with Gasteiger partial charge in [-0.25, -0.2) is 0 Å². The molecule has 0 atom stereocenters. The fraction of sp³-hybridized carbons (Fsp3) is 0.731. The Hall–Kier alpha value is -0.530. The summed E-state index contributed by atoms with van der Waals surface area (Å²) in [5.74, 6) is 0. The Bertz CT molecular complexity index is 796. The Morgan fingerprint density at radius 3 is 1.33 bits per heavy atom. The fourth-order valence-electron chi connectivity index (χ4n) is 4.76. The molecule has 0 spiro atoms. The second-order valence-corrected chi connectivity index (χ2v) is 20.6. The number of nitrogens with zero attached hydrogens (tertiary/aromatic N) is 2. The van der Waals surface area contributed by atoms with Crippen LogP contribution in [-0.2, 0) is 6.18 Å². The highest BCUT2D eigenvalue weighted by Gasteiger charge is 2.42. The molecule has 7 heteroatoms. The number of hydrogen-bond acceptors (Lipinski definition) is 2. The Labute approximate surface area is 203 Å². The third kappa shape index (κ3) is 7.00. The van der Waals surface area contributed by atoms with Crippen LogP contribution in [0.2, 0.25) is 0 Å². The van der Waals surface area contributed by atoms with E-state index in [4.69, 9.17) is 0 Å². The number of rotatable bonds is 4. The highest BCUT2D eigenvalue weighted by molar-refractivity contribution is 7.61. The van der Waals surface area contributed by atoms with E-state index in [0.29, 0.717) is 12.0 Å². The van der Waals surface area contributed by atoms with Gasteiger partial charge in [-0.3, -0.25) is 0 Å². The third-order valence-electron chi connectivity index (χ3n) is 5.93. The Balaban J connectivity index is 2.53. The van der Waals surface area contributed by atoms with E-state index in [1.807, 2.05) is 4.90 Å². The summed E-state index contributed by atoms with van der Waals surface area (Å²) in [6.45, 7) is 30.6. The topological polar surface area (TPSA) is 6.48 Å².